The Morgan fingerprint density at radius 2 is 2.07 bits per heavy atom. The first-order valence-electron chi connectivity index (χ1n) is 11.6. The van der Waals surface area contributed by atoms with E-state index in [0.29, 0.717) is 18.4 Å². The largest absolute Gasteiger partial charge is 0.491 e. The van der Waals surface area contributed by atoms with Crippen LogP contribution in [0.3, 0.4) is 0 Å². The maximum atomic E-state index is 10.6. The first-order chi connectivity index (χ1) is 14.4. The fourth-order valence-corrected chi connectivity index (χ4v) is 3.93. The molecule has 0 aliphatic carbocycles. The number of nitrogens with one attached hydrogen (secondary N) is 2. The lowest BCUT2D eigenvalue weighted by Gasteiger charge is -2.34. The molecule has 0 saturated carbocycles. The Hall–Kier alpha value is -1.79. The van der Waals surface area contributed by atoms with Crippen molar-refractivity contribution in [3.8, 4) is 5.75 Å². The lowest BCUT2D eigenvalue weighted by atomic mass is 9.97. The monoisotopic (exact) mass is 418 g/mol. The number of ether oxygens (including phenoxy) is 1. The number of piperidine rings is 1. The summed E-state index contributed by atoms with van der Waals surface area (Å²) in [5.74, 6) is 2.89. The zero-order valence-electron chi connectivity index (χ0n) is 19.5. The van der Waals surface area contributed by atoms with Crippen molar-refractivity contribution in [3.05, 3.63) is 29.8 Å². The van der Waals surface area contributed by atoms with E-state index < -0.39 is 6.10 Å². The molecule has 6 heteroatoms. The lowest BCUT2D eigenvalue weighted by Crippen LogP contribution is -2.45. The van der Waals surface area contributed by atoms with Gasteiger partial charge in [-0.15, -0.1) is 0 Å². The number of aliphatic hydroxyl groups excluding tert-OH is 1. The van der Waals surface area contributed by atoms with Crippen molar-refractivity contribution < 1.29 is 9.84 Å². The van der Waals surface area contributed by atoms with Gasteiger partial charge in [0.05, 0.1) is 18.8 Å². The maximum Gasteiger partial charge on any atom is 0.191 e. The van der Waals surface area contributed by atoms with Gasteiger partial charge in [-0.3, -0.25) is 4.99 Å². The smallest absolute Gasteiger partial charge is 0.191 e. The number of hydrogen-bond acceptors (Lipinski definition) is 4. The average molecular weight is 419 g/mol. The second-order valence-corrected chi connectivity index (χ2v) is 9.02. The van der Waals surface area contributed by atoms with E-state index in [9.17, 15) is 5.11 Å². The van der Waals surface area contributed by atoms with Gasteiger partial charge in [0.15, 0.2) is 5.96 Å². The molecule has 1 aromatic carbocycles. The molecule has 2 atom stereocenters. The molecule has 3 N–H and O–H groups in total. The highest BCUT2D eigenvalue weighted by Gasteiger charge is 2.20. The van der Waals surface area contributed by atoms with Crippen LogP contribution in [0, 0.1) is 11.8 Å². The molecular formula is C24H42N4O2. The van der Waals surface area contributed by atoms with E-state index in [1.807, 2.05) is 38.1 Å². The number of aliphatic hydroxyl groups is 1. The van der Waals surface area contributed by atoms with Gasteiger partial charge in [0.1, 0.15) is 5.75 Å². The molecule has 6 nitrogen and oxygen atoms in total. The standard InChI is InChI=1S/C24H42N4O2/c1-6-25-24(26-14-20-9-8-12-28(17-20)16-18(2)3)27-15-23(29)21-10-7-11-22(13-21)30-19(4)5/h7,10-11,13,18-20,23,29H,6,8-9,12,14-17H2,1-5H3,(H2,25,26,27). The Balaban J connectivity index is 1.89. The SMILES string of the molecule is CCNC(=NCC(O)c1cccc(OC(C)C)c1)NCC1CCCN(CC(C)C)C1. The van der Waals surface area contributed by atoms with Gasteiger partial charge < -0.3 is 25.4 Å². The summed E-state index contributed by atoms with van der Waals surface area (Å²) < 4.78 is 5.73. The fraction of sp³-hybridized carbons (Fsp3) is 0.708. The fourth-order valence-electron chi connectivity index (χ4n) is 3.93. The minimum atomic E-state index is -0.660. The van der Waals surface area contributed by atoms with Gasteiger partial charge in [0.25, 0.3) is 0 Å². The molecule has 0 spiro atoms. The minimum absolute atomic E-state index is 0.108. The van der Waals surface area contributed by atoms with Gasteiger partial charge in [-0.1, -0.05) is 26.0 Å². The van der Waals surface area contributed by atoms with Crippen LogP contribution in [0.2, 0.25) is 0 Å². The lowest BCUT2D eigenvalue weighted by molar-refractivity contribution is 0.159. The van der Waals surface area contributed by atoms with E-state index in [1.165, 1.54) is 25.9 Å². The quantitative estimate of drug-likeness (QED) is 0.401. The van der Waals surface area contributed by atoms with Crippen LogP contribution in [-0.2, 0) is 0 Å². The molecule has 0 aromatic heterocycles. The van der Waals surface area contributed by atoms with E-state index >= 15 is 0 Å². The van der Waals surface area contributed by atoms with E-state index in [-0.39, 0.29) is 6.10 Å². The number of benzene rings is 1. The van der Waals surface area contributed by atoms with Gasteiger partial charge in [-0.25, -0.2) is 0 Å². The van der Waals surface area contributed by atoms with Crippen molar-refractivity contribution in [2.45, 2.75) is 59.7 Å². The molecule has 1 aliphatic heterocycles. The van der Waals surface area contributed by atoms with Crippen LogP contribution in [0.4, 0.5) is 0 Å². The van der Waals surface area contributed by atoms with Crippen molar-refractivity contribution in [2.24, 2.45) is 16.8 Å². The van der Waals surface area contributed by atoms with E-state index in [4.69, 9.17) is 4.74 Å². The van der Waals surface area contributed by atoms with E-state index in [0.717, 1.165) is 36.9 Å². The number of guanidine groups is 1. The summed E-state index contributed by atoms with van der Waals surface area (Å²) in [6.45, 7) is 16.2. The van der Waals surface area contributed by atoms with Crippen molar-refractivity contribution in [1.29, 1.82) is 0 Å². The van der Waals surface area contributed by atoms with Crippen LogP contribution in [0.25, 0.3) is 0 Å². The Labute approximate surface area is 183 Å². The first-order valence-corrected chi connectivity index (χ1v) is 11.6. The molecule has 0 amide bonds. The topological polar surface area (TPSA) is 69.1 Å². The van der Waals surface area contributed by atoms with Gasteiger partial charge in [-0.05, 0) is 69.7 Å². The summed E-state index contributed by atoms with van der Waals surface area (Å²) in [5.41, 5.74) is 0.823. The molecule has 170 valence electrons. The predicted molar refractivity (Wildman–Crippen MR) is 125 cm³/mol. The number of likely N-dealkylation sites (tertiary alicyclic amines) is 1. The molecule has 0 bridgehead atoms. The Bertz CT molecular complexity index is 648. The average Bonchev–Trinajstić information content (AvgIpc) is 2.69. The molecule has 1 fully saturated rings. The second kappa shape index (κ2) is 12.8. The molecule has 1 aromatic rings. The number of aliphatic imine (C=N–C) groups is 1. The molecule has 1 aliphatic rings. The molecule has 30 heavy (non-hydrogen) atoms. The third kappa shape index (κ3) is 8.92. The third-order valence-corrected chi connectivity index (χ3v) is 5.17. The maximum absolute atomic E-state index is 10.6. The number of rotatable bonds is 10. The summed E-state index contributed by atoms with van der Waals surface area (Å²) in [5, 5.41) is 17.4. The highest BCUT2D eigenvalue weighted by Crippen LogP contribution is 2.21. The highest BCUT2D eigenvalue weighted by molar-refractivity contribution is 5.79. The van der Waals surface area contributed by atoms with Crippen LogP contribution in [0.1, 0.15) is 59.1 Å². The summed E-state index contributed by atoms with van der Waals surface area (Å²) >= 11 is 0. The van der Waals surface area contributed by atoms with Crippen LogP contribution in [-0.4, -0.2) is 61.3 Å². The van der Waals surface area contributed by atoms with E-state index in [2.05, 4.69) is 41.3 Å². The summed E-state index contributed by atoms with van der Waals surface area (Å²) in [7, 11) is 0. The van der Waals surface area contributed by atoms with Crippen molar-refractivity contribution >= 4 is 5.96 Å². The predicted octanol–water partition coefficient (Wildman–Crippen LogP) is 3.43. The third-order valence-electron chi connectivity index (χ3n) is 5.17. The highest BCUT2D eigenvalue weighted by atomic mass is 16.5. The van der Waals surface area contributed by atoms with Crippen molar-refractivity contribution in [1.82, 2.24) is 15.5 Å². The number of nitrogens with zero attached hydrogens (tertiary/aromatic N) is 2. The summed E-state index contributed by atoms with van der Waals surface area (Å²) in [6, 6.07) is 7.64. The second-order valence-electron chi connectivity index (χ2n) is 9.02. The normalized spacial score (nSPS) is 19.2. The van der Waals surface area contributed by atoms with Crippen LogP contribution >= 0.6 is 0 Å². The molecule has 1 heterocycles. The molecule has 2 unspecified atom stereocenters. The Morgan fingerprint density at radius 1 is 1.27 bits per heavy atom. The zero-order valence-corrected chi connectivity index (χ0v) is 19.5. The van der Waals surface area contributed by atoms with Crippen molar-refractivity contribution in [3.63, 3.8) is 0 Å². The van der Waals surface area contributed by atoms with Gasteiger partial charge >= 0.3 is 0 Å². The number of hydrogen-bond donors (Lipinski definition) is 3. The Morgan fingerprint density at radius 3 is 2.77 bits per heavy atom. The summed E-state index contributed by atoms with van der Waals surface area (Å²) in [6.07, 6.45) is 1.97. The minimum Gasteiger partial charge on any atom is -0.491 e. The molecule has 2 rings (SSSR count). The molecule has 0 radical (unpaired) electrons. The van der Waals surface area contributed by atoms with Crippen LogP contribution < -0.4 is 15.4 Å². The molecule has 1 saturated heterocycles. The van der Waals surface area contributed by atoms with Crippen LogP contribution in [0.5, 0.6) is 5.75 Å². The molecular weight excluding hydrogens is 376 g/mol. The van der Waals surface area contributed by atoms with Crippen LogP contribution in [0.15, 0.2) is 29.3 Å². The first kappa shape index (κ1) is 24.5. The van der Waals surface area contributed by atoms with Gasteiger partial charge in [-0.2, -0.15) is 0 Å². The van der Waals surface area contributed by atoms with Gasteiger partial charge in [0.2, 0.25) is 0 Å². The van der Waals surface area contributed by atoms with Gasteiger partial charge in [0, 0.05) is 26.2 Å². The van der Waals surface area contributed by atoms with E-state index in [1.54, 1.807) is 0 Å². The van der Waals surface area contributed by atoms with Crippen molar-refractivity contribution in [2.75, 3.05) is 39.3 Å². The Kier molecular flexibility index (Phi) is 10.4. The summed E-state index contributed by atoms with van der Waals surface area (Å²) in [4.78, 5) is 7.21. The zero-order chi connectivity index (χ0) is 21.9.